The highest BCUT2D eigenvalue weighted by Crippen LogP contribution is 2.26. The topological polar surface area (TPSA) is 75.0 Å². The molecule has 0 N–H and O–H groups in total. The Kier molecular flexibility index (Phi) is 5.41. The fourth-order valence-electron chi connectivity index (χ4n) is 2.78. The van der Waals surface area contributed by atoms with Crippen molar-refractivity contribution in [1.82, 2.24) is 0 Å². The summed E-state index contributed by atoms with van der Waals surface area (Å²) in [6, 6.07) is 17.7. The SMILES string of the molecule is COc1ccc(Oc2coc3cc(OC(=O)c4cccc(Cl)c4)ccc3c2=O)cc1. The highest BCUT2D eigenvalue weighted by atomic mass is 35.5. The molecule has 0 saturated heterocycles. The molecule has 150 valence electrons. The molecule has 0 aliphatic carbocycles. The fourth-order valence-corrected chi connectivity index (χ4v) is 2.97. The van der Waals surface area contributed by atoms with Gasteiger partial charge in [-0.05, 0) is 54.6 Å². The molecule has 1 heterocycles. The average molecular weight is 423 g/mol. The Labute approximate surface area is 176 Å². The minimum Gasteiger partial charge on any atom is -0.497 e. The molecule has 0 fully saturated rings. The number of hydrogen-bond acceptors (Lipinski definition) is 6. The first-order valence-corrected chi connectivity index (χ1v) is 9.26. The third-order valence-electron chi connectivity index (χ3n) is 4.27. The van der Waals surface area contributed by atoms with Crippen molar-refractivity contribution in [3.05, 3.63) is 93.8 Å². The third-order valence-corrected chi connectivity index (χ3v) is 4.51. The molecular weight excluding hydrogens is 408 g/mol. The molecule has 4 aromatic rings. The maximum Gasteiger partial charge on any atom is 0.343 e. The van der Waals surface area contributed by atoms with E-state index in [4.69, 9.17) is 30.2 Å². The molecule has 0 unspecified atom stereocenters. The third kappa shape index (κ3) is 4.14. The summed E-state index contributed by atoms with van der Waals surface area (Å²) in [4.78, 5) is 25.0. The summed E-state index contributed by atoms with van der Waals surface area (Å²) in [5.41, 5.74) is 0.227. The van der Waals surface area contributed by atoms with Crippen LogP contribution in [0, 0.1) is 0 Å². The summed E-state index contributed by atoms with van der Waals surface area (Å²) in [5, 5.41) is 0.724. The van der Waals surface area contributed by atoms with Crippen molar-refractivity contribution >= 4 is 28.5 Å². The Bertz CT molecular complexity index is 1280. The lowest BCUT2D eigenvalue weighted by molar-refractivity contribution is 0.0735. The molecule has 1 aromatic heterocycles. The predicted molar refractivity (Wildman–Crippen MR) is 112 cm³/mol. The Morgan fingerprint density at radius 2 is 1.67 bits per heavy atom. The van der Waals surface area contributed by atoms with Crippen molar-refractivity contribution in [2.75, 3.05) is 7.11 Å². The summed E-state index contributed by atoms with van der Waals surface area (Å²) < 4.78 is 21.6. The molecule has 30 heavy (non-hydrogen) atoms. The molecule has 0 bridgehead atoms. The Hall–Kier alpha value is -3.77. The standard InChI is InChI=1S/C23H15ClO6/c1-27-16-5-7-17(8-6-16)29-21-13-28-20-12-18(9-10-19(20)22(21)25)30-23(26)14-3-2-4-15(24)11-14/h2-13H,1H3. The predicted octanol–water partition coefficient (Wildman–Crippen LogP) is 5.47. The maximum atomic E-state index is 12.7. The van der Waals surface area contributed by atoms with E-state index < -0.39 is 5.97 Å². The van der Waals surface area contributed by atoms with Crippen LogP contribution in [0.15, 0.2) is 82.2 Å². The van der Waals surface area contributed by atoms with Gasteiger partial charge in [0.15, 0.2) is 0 Å². The van der Waals surface area contributed by atoms with Crippen molar-refractivity contribution in [2.45, 2.75) is 0 Å². The van der Waals surface area contributed by atoms with Crippen LogP contribution in [0.3, 0.4) is 0 Å². The zero-order chi connectivity index (χ0) is 21.1. The monoisotopic (exact) mass is 422 g/mol. The average Bonchev–Trinajstić information content (AvgIpc) is 2.76. The highest BCUT2D eigenvalue weighted by Gasteiger charge is 2.13. The highest BCUT2D eigenvalue weighted by molar-refractivity contribution is 6.30. The smallest absolute Gasteiger partial charge is 0.343 e. The number of carbonyl (C=O) groups is 1. The van der Waals surface area contributed by atoms with Gasteiger partial charge in [0.1, 0.15) is 29.1 Å². The summed E-state index contributed by atoms with van der Waals surface area (Å²) in [6.07, 6.45) is 1.22. The van der Waals surface area contributed by atoms with Gasteiger partial charge >= 0.3 is 5.97 Å². The van der Waals surface area contributed by atoms with Gasteiger partial charge in [0.2, 0.25) is 11.2 Å². The molecule has 0 spiro atoms. The van der Waals surface area contributed by atoms with Crippen LogP contribution in [-0.2, 0) is 0 Å². The quantitative estimate of drug-likeness (QED) is 0.314. The van der Waals surface area contributed by atoms with Gasteiger partial charge in [-0.15, -0.1) is 0 Å². The molecule has 0 aliphatic heterocycles. The van der Waals surface area contributed by atoms with Crippen LogP contribution in [0.2, 0.25) is 5.02 Å². The normalized spacial score (nSPS) is 10.6. The van der Waals surface area contributed by atoms with Crippen LogP contribution < -0.4 is 19.6 Å². The van der Waals surface area contributed by atoms with E-state index in [0.29, 0.717) is 27.5 Å². The number of hydrogen-bond donors (Lipinski definition) is 0. The van der Waals surface area contributed by atoms with Crippen LogP contribution in [0.4, 0.5) is 0 Å². The molecule has 0 saturated carbocycles. The van der Waals surface area contributed by atoms with E-state index >= 15 is 0 Å². The van der Waals surface area contributed by atoms with Gasteiger partial charge in [-0.25, -0.2) is 4.79 Å². The van der Waals surface area contributed by atoms with E-state index in [9.17, 15) is 9.59 Å². The summed E-state index contributed by atoms with van der Waals surface area (Å²) >= 11 is 5.90. The second-order valence-electron chi connectivity index (χ2n) is 6.26. The van der Waals surface area contributed by atoms with Gasteiger partial charge in [0.05, 0.1) is 18.1 Å². The zero-order valence-electron chi connectivity index (χ0n) is 15.8. The number of methoxy groups -OCH3 is 1. The first kappa shape index (κ1) is 19.5. The zero-order valence-corrected chi connectivity index (χ0v) is 16.5. The minimum atomic E-state index is -0.571. The summed E-state index contributed by atoms with van der Waals surface area (Å²) in [5.74, 6) is 0.844. The molecule has 0 atom stereocenters. The number of esters is 1. The first-order chi connectivity index (χ1) is 14.5. The van der Waals surface area contributed by atoms with Crippen LogP contribution in [0.1, 0.15) is 10.4 Å². The van der Waals surface area contributed by atoms with Gasteiger partial charge in [0, 0.05) is 11.1 Å². The first-order valence-electron chi connectivity index (χ1n) is 8.89. The van der Waals surface area contributed by atoms with Gasteiger partial charge in [-0.3, -0.25) is 4.79 Å². The summed E-state index contributed by atoms with van der Waals surface area (Å²) in [6.45, 7) is 0. The van der Waals surface area contributed by atoms with Crippen molar-refractivity contribution < 1.29 is 23.4 Å². The Balaban J connectivity index is 1.57. The number of rotatable bonds is 5. The number of halogens is 1. The second kappa shape index (κ2) is 8.31. The maximum absolute atomic E-state index is 12.7. The Morgan fingerprint density at radius 3 is 2.40 bits per heavy atom. The van der Waals surface area contributed by atoms with Crippen LogP contribution in [0.25, 0.3) is 11.0 Å². The number of carbonyl (C=O) groups excluding carboxylic acids is 1. The Morgan fingerprint density at radius 1 is 0.933 bits per heavy atom. The van der Waals surface area contributed by atoms with E-state index in [1.54, 1.807) is 49.6 Å². The fraction of sp³-hybridized carbons (Fsp3) is 0.0435. The summed E-state index contributed by atoms with van der Waals surface area (Å²) in [7, 11) is 1.56. The molecule has 3 aromatic carbocycles. The molecular formula is C23H15ClO6. The van der Waals surface area contributed by atoms with Gasteiger partial charge < -0.3 is 18.6 Å². The molecule has 4 rings (SSSR count). The van der Waals surface area contributed by atoms with E-state index in [1.807, 2.05) is 0 Å². The van der Waals surface area contributed by atoms with Gasteiger partial charge in [0.25, 0.3) is 0 Å². The van der Waals surface area contributed by atoms with Crippen molar-refractivity contribution in [1.29, 1.82) is 0 Å². The minimum absolute atomic E-state index is 0.0383. The lowest BCUT2D eigenvalue weighted by Gasteiger charge is -2.08. The number of benzene rings is 3. The van der Waals surface area contributed by atoms with Crippen molar-refractivity contribution in [3.63, 3.8) is 0 Å². The van der Waals surface area contributed by atoms with Gasteiger partial charge in [-0.1, -0.05) is 17.7 Å². The molecule has 6 nitrogen and oxygen atoms in total. The molecule has 7 heteroatoms. The van der Waals surface area contributed by atoms with E-state index in [0.717, 1.165) is 0 Å². The van der Waals surface area contributed by atoms with Crippen LogP contribution >= 0.6 is 11.6 Å². The second-order valence-corrected chi connectivity index (χ2v) is 6.70. The lowest BCUT2D eigenvalue weighted by Crippen LogP contribution is -2.09. The van der Waals surface area contributed by atoms with Crippen LogP contribution in [0.5, 0.6) is 23.0 Å². The largest absolute Gasteiger partial charge is 0.497 e. The van der Waals surface area contributed by atoms with Crippen molar-refractivity contribution in [3.8, 4) is 23.0 Å². The molecule has 0 aliphatic rings. The number of ether oxygens (including phenoxy) is 3. The van der Waals surface area contributed by atoms with E-state index in [-0.39, 0.29) is 22.5 Å². The van der Waals surface area contributed by atoms with Crippen LogP contribution in [-0.4, -0.2) is 13.1 Å². The number of fused-ring (bicyclic) bond motifs is 1. The van der Waals surface area contributed by atoms with Crippen molar-refractivity contribution in [2.24, 2.45) is 0 Å². The van der Waals surface area contributed by atoms with Gasteiger partial charge in [-0.2, -0.15) is 0 Å². The van der Waals surface area contributed by atoms with E-state index in [1.165, 1.54) is 30.5 Å². The molecule has 0 amide bonds. The van der Waals surface area contributed by atoms with E-state index in [2.05, 4.69) is 0 Å². The lowest BCUT2D eigenvalue weighted by atomic mass is 10.2. The molecule has 0 radical (unpaired) electrons.